The van der Waals surface area contributed by atoms with Gasteiger partial charge in [-0.15, -0.1) is 0 Å². The largest absolute Gasteiger partial charge is 0.418 e. The Bertz CT molecular complexity index is 768. The Hall–Kier alpha value is -2.76. The molecule has 112 valence electrons. The third kappa shape index (κ3) is 2.22. The number of anilines is 2. The highest BCUT2D eigenvalue weighted by Gasteiger charge is 2.38. The van der Waals surface area contributed by atoms with Crippen LogP contribution in [0, 0.1) is 0 Å². The Morgan fingerprint density at radius 1 is 1.00 bits per heavy atom. The average Bonchev–Trinajstić information content (AvgIpc) is 2.47. The number of carbonyl (C=O) groups is 1. The van der Waals surface area contributed by atoms with Gasteiger partial charge in [0.2, 0.25) is 0 Å². The number of hydrogen-bond donors (Lipinski definition) is 1. The maximum atomic E-state index is 13.2. The van der Waals surface area contributed by atoms with E-state index in [1.807, 2.05) is 0 Å². The fourth-order valence-electron chi connectivity index (χ4n) is 2.42. The average molecular weight is 304 g/mol. The molecule has 22 heavy (non-hydrogen) atoms. The summed E-state index contributed by atoms with van der Waals surface area (Å²) >= 11 is 0. The van der Waals surface area contributed by atoms with Gasteiger partial charge in [-0.25, -0.2) is 4.79 Å². The van der Waals surface area contributed by atoms with E-state index in [2.05, 4.69) is 11.9 Å². The number of urea groups is 1. The number of rotatable bonds is 1. The Kier molecular flexibility index (Phi) is 3.16. The van der Waals surface area contributed by atoms with Gasteiger partial charge in [0.1, 0.15) is 0 Å². The lowest BCUT2D eigenvalue weighted by Gasteiger charge is -2.32. The molecule has 1 heterocycles. The molecule has 0 atom stereocenters. The molecular formula is C16H11F3N2O. The molecule has 1 aliphatic rings. The number of hydrogen-bond acceptors (Lipinski definition) is 1. The van der Waals surface area contributed by atoms with Gasteiger partial charge in [-0.05, 0) is 18.2 Å². The van der Waals surface area contributed by atoms with Crippen LogP contribution in [0.3, 0.4) is 0 Å². The molecule has 2 aromatic rings. The molecule has 0 saturated heterocycles. The number of fused-ring (bicyclic) bond motifs is 1. The zero-order valence-electron chi connectivity index (χ0n) is 11.3. The van der Waals surface area contributed by atoms with Gasteiger partial charge in [0.05, 0.1) is 22.6 Å². The highest BCUT2D eigenvalue weighted by Crippen LogP contribution is 2.41. The zero-order chi connectivity index (χ0) is 15.9. The standard InChI is InChI=1S/C16H11F3N2O/c1-10-11-6-2-4-8-13(11)20-15(22)21(10)14-9-5-3-7-12(14)16(17,18)19/h2-9H,1H2,(H,20,22). The Labute approximate surface area is 124 Å². The van der Waals surface area contributed by atoms with E-state index in [0.717, 1.165) is 11.0 Å². The first-order valence-corrected chi connectivity index (χ1v) is 6.45. The maximum absolute atomic E-state index is 13.2. The second kappa shape index (κ2) is 4.91. The smallest absolute Gasteiger partial charge is 0.307 e. The number of amides is 2. The van der Waals surface area contributed by atoms with Gasteiger partial charge in [-0.1, -0.05) is 36.9 Å². The molecule has 6 heteroatoms. The van der Waals surface area contributed by atoms with E-state index < -0.39 is 17.8 Å². The van der Waals surface area contributed by atoms with Crippen molar-refractivity contribution in [2.24, 2.45) is 0 Å². The van der Waals surface area contributed by atoms with Crippen LogP contribution in [0.15, 0.2) is 55.1 Å². The minimum absolute atomic E-state index is 0.205. The summed E-state index contributed by atoms with van der Waals surface area (Å²) in [6, 6.07) is 11.1. The second-order valence-electron chi connectivity index (χ2n) is 4.77. The van der Waals surface area contributed by atoms with Gasteiger partial charge in [-0.3, -0.25) is 4.90 Å². The molecule has 0 unspecified atom stereocenters. The first kappa shape index (κ1) is 14.2. The lowest BCUT2D eigenvalue weighted by Crippen LogP contribution is -2.38. The number of benzene rings is 2. The highest BCUT2D eigenvalue weighted by atomic mass is 19.4. The van der Waals surface area contributed by atoms with Crippen LogP contribution < -0.4 is 10.2 Å². The molecule has 0 bridgehead atoms. The lowest BCUT2D eigenvalue weighted by atomic mass is 10.0. The van der Waals surface area contributed by atoms with E-state index in [9.17, 15) is 18.0 Å². The maximum Gasteiger partial charge on any atom is 0.418 e. The molecular weight excluding hydrogens is 293 g/mol. The highest BCUT2D eigenvalue weighted by molar-refractivity contribution is 6.16. The van der Waals surface area contributed by atoms with Crippen LogP contribution in [0.1, 0.15) is 11.1 Å². The van der Waals surface area contributed by atoms with E-state index >= 15 is 0 Å². The van der Waals surface area contributed by atoms with Crippen molar-refractivity contribution in [3.8, 4) is 0 Å². The molecule has 1 N–H and O–H groups in total. The van der Waals surface area contributed by atoms with Crippen LogP contribution in [-0.4, -0.2) is 6.03 Å². The van der Waals surface area contributed by atoms with Gasteiger partial charge < -0.3 is 5.32 Å². The number of alkyl halides is 3. The molecule has 0 fully saturated rings. The first-order chi connectivity index (χ1) is 10.4. The van der Waals surface area contributed by atoms with Gasteiger partial charge in [-0.2, -0.15) is 13.2 Å². The van der Waals surface area contributed by atoms with Crippen LogP contribution in [-0.2, 0) is 6.18 Å². The summed E-state index contributed by atoms with van der Waals surface area (Å²) in [5.74, 6) is 0. The number of nitrogens with zero attached hydrogens (tertiary/aromatic N) is 1. The molecule has 3 nitrogen and oxygen atoms in total. The van der Waals surface area contributed by atoms with E-state index in [0.29, 0.717) is 11.3 Å². The summed E-state index contributed by atoms with van der Waals surface area (Å²) in [6.07, 6.45) is -4.56. The quantitative estimate of drug-likeness (QED) is 0.811. The van der Waals surface area contributed by atoms with Crippen molar-refractivity contribution in [2.45, 2.75) is 6.18 Å². The Morgan fingerprint density at radius 2 is 1.64 bits per heavy atom. The van der Waals surface area contributed by atoms with Crippen molar-refractivity contribution < 1.29 is 18.0 Å². The fourth-order valence-corrected chi connectivity index (χ4v) is 2.42. The third-order valence-electron chi connectivity index (χ3n) is 3.40. The number of carbonyl (C=O) groups excluding carboxylic acids is 1. The van der Waals surface area contributed by atoms with Crippen molar-refractivity contribution in [3.05, 3.63) is 66.2 Å². The molecule has 0 saturated carbocycles. The van der Waals surface area contributed by atoms with E-state index in [4.69, 9.17) is 0 Å². The SMILES string of the molecule is C=C1c2ccccc2NC(=O)N1c1ccccc1C(F)(F)F. The minimum Gasteiger partial charge on any atom is -0.307 e. The number of para-hydroxylation sites is 2. The second-order valence-corrected chi connectivity index (χ2v) is 4.77. The molecule has 0 radical (unpaired) electrons. The molecule has 0 aromatic heterocycles. The van der Waals surface area contributed by atoms with Crippen molar-refractivity contribution in [1.29, 1.82) is 0 Å². The molecule has 2 amide bonds. The first-order valence-electron chi connectivity index (χ1n) is 6.45. The van der Waals surface area contributed by atoms with E-state index in [1.165, 1.54) is 18.2 Å². The summed E-state index contributed by atoms with van der Waals surface area (Å²) in [5.41, 5.74) is 0.186. The van der Waals surface area contributed by atoms with Crippen LogP contribution >= 0.6 is 0 Å². The molecule has 1 aliphatic heterocycles. The number of nitrogens with one attached hydrogen (secondary N) is 1. The van der Waals surface area contributed by atoms with Crippen molar-refractivity contribution in [3.63, 3.8) is 0 Å². The van der Waals surface area contributed by atoms with Gasteiger partial charge in [0.25, 0.3) is 0 Å². The fraction of sp³-hybridized carbons (Fsp3) is 0.0625. The minimum atomic E-state index is -4.56. The van der Waals surface area contributed by atoms with Gasteiger partial charge in [0.15, 0.2) is 0 Å². The predicted octanol–water partition coefficient (Wildman–Crippen LogP) is 4.73. The normalized spacial score (nSPS) is 14.6. The lowest BCUT2D eigenvalue weighted by molar-refractivity contribution is -0.137. The van der Waals surface area contributed by atoms with Crippen LogP contribution in [0.2, 0.25) is 0 Å². The van der Waals surface area contributed by atoms with Crippen molar-refractivity contribution in [1.82, 2.24) is 0 Å². The molecule has 2 aromatic carbocycles. The Balaban J connectivity index is 2.15. The van der Waals surface area contributed by atoms with E-state index in [1.54, 1.807) is 24.3 Å². The topological polar surface area (TPSA) is 32.3 Å². The van der Waals surface area contributed by atoms with Crippen molar-refractivity contribution >= 4 is 23.1 Å². The monoisotopic (exact) mass is 304 g/mol. The summed E-state index contributed by atoms with van der Waals surface area (Å²) in [7, 11) is 0. The molecule has 0 spiro atoms. The summed E-state index contributed by atoms with van der Waals surface area (Å²) in [5, 5.41) is 2.58. The van der Waals surface area contributed by atoms with Gasteiger partial charge in [0, 0.05) is 5.56 Å². The third-order valence-corrected chi connectivity index (χ3v) is 3.40. The summed E-state index contributed by atoms with van der Waals surface area (Å²) in [4.78, 5) is 13.2. The van der Waals surface area contributed by atoms with Gasteiger partial charge >= 0.3 is 12.2 Å². The van der Waals surface area contributed by atoms with Crippen LogP contribution in [0.4, 0.5) is 29.3 Å². The number of halogens is 3. The molecule has 0 aliphatic carbocycles. The Morgan fingerprint density at radius 3 is 2.36 bits per heavy atom. The van der Waals surface area contributed by atoms with Crippen LogP contribution in [0.5, 0.6) is 0 Å². The summed E-state index contributed by atoms with van der Waals surface area (Å²) < 4.78 is 39.5. The summed E-state index contributed by atoms with van der Waals surface area (Å²) in [6.45, 7) is 3.78. The van der Waals surface area contributed by atoms with E-state index in [-0.39, 0.29) is 11.4 Å². The predicted molar refractivity (Wildman–Crippen MR) is 78.4 cm³/mol. The zero-order valence-corrected chi connectivity index (χ0v) is 11.3. The van der Waals surface area contributed by atoms with Crippen molar-refractivity contribution in [2.75, 3.05) is 10.2 Å². The van der Waals surface area contributed by atoms with Crippen LogP contribution in [0.25, 0.3) is 5.70 Å². The molecule has 3 rings (SSSR count).